The smallest absolute Gasteiger partial charge is 0.321 e. The van der Waals surface area contributed by atoms with E-state index in [4.69, 9.17) is 28.9 Å². The molecule has 3 N–H and O–H groups in total. The molecule has 21 heavy (non-hydrogen) atoms. The molecule has 0 spiro atoms. The predicted molar refractivity (Wildman–Crippen MR) is 85.9 cm³/mol. The number of benzene rings is 1. The summed E-state index contributed by atoms with van der Waals surface area (Å²) in [6, 6.07) is 5.15. The van der Waals surface area contributed by atoms with E-state index in [0.29, 0.717) is 27.6 Å². The van der Waals surface area contributed by atoms with Crippen molar-refractivity contribution in [2.24, 2.45) is 17.6 Å². The van der Waals surface area contributed by atoms with Crippen molar-refractivity contribution in [2.45, 2.75) is 25.3 Å². The second-order valence-electron chi connectivity index (χ2n) is 6.01. The molecule has 1 heterocycles. The van der Waals surface area contributed by atoms with Crippen LogP contribution < -0.4 is 11.1 Å². The molecule has 0 radical (unpaired) electrons. The molecule has 3 atom stereocenters. The van der Waals surface area contributed by atoms with Gasteiger partial charge in [0.15, 0.2) is 0 Å². The Labute approximate surface area is 134 Å². The Hall–Kier alpha value is -0.970. The fraction of sp³-hybridized carbons (Fsp3) is 0.533. The fourth-order valence-electron chi connectivity index (χ4n) is 3.51. The number of nitrogens with one attached hydrogen (secondary N) is 1. The molecule has 1 aromatic carbocycles. The number of carbonyl (C=O) groups excluding carboxylic acids is 1. The van der Waals surface area contributed by atoms with Crippen LogP contribution in [0.3, 0.4) is 0 Å². The minimum absolute atomic E-state index is 0.102. The third-order valence-corrected chi connectivity index (χ3v) is 4.99. The zero-order chi connectivity index (χ0) is 15.0. The molecule has 1 aromatic rings. The molecule has 0 aromatic heterocycles. The van der Waals surface area contributed by atoms with Gasteiger partial charge in [0, 0.05) is 34.9 Å². The first kappa shape index (κ1) is 14.9. The lowest BCUT2D eigenvalue weighted by Crippen LogP contribution is -2.39. The van der Waals surface area contributed by atoms with Crippen LogP contribution >= 0.6 is 23.2 Å². The molecule has 1 aliphatic heterocycles. The summed E-state index contributed by atoms with van der Waals surface area (Å²) in [6.45, 7) is 1.53. The maximum atomic E-state index is 12.4. The minimum atomic E-state index is -0.102. The van der Waals surface area contributed by atoms with Crippen LogP contribution in [0.2, 0.25) is 10.0 Å². The molecule has 3 rings (SSSR count). The summed E-state index contributed by atoms with van der Waals surface area (Å²) in [6.07, 6.45) is 3.41. The first-order chi connectivity index (χ1) is 10.0. The van der Waals surface area contributed by atoms with Crippen LogP contribution in [0.5, 0.6) is 0 Å². The standard InChI is InChI=1S/C15H19Cl2N3O/c16-10-4-11(17)6-12(5-10)19-15(21)20-7-9-2-1-3-14(18)13(9)8-20/h4-6,9,13-14H,1-3,7-8,18H2,(H,19,21). The SMILES string of the molecule is NC1CCCC2CN(C(=O)Nc3cc(Cl)cc(Cl)c3)CC12. The maximum absolute atomic E-state index is 12.4. The highest BCUT2D eigenvalue weighted by Gasteiger charge is 2.40. The first-order valence-electron chi connectivity index (χ1n) is 7.30. The van der Waals surface area contributed by atoms with Gasteiger partial charge >= 0.3 is 6.03 Å². The summed E-state index contributed by atoms with van der Waals surface area (Å²) >= 11 is 11.9. The highest BCUT2D eigenvalue weighted by Crippen LogP contribution is 2.35. The Kier molecular flexibility index (Phi) is 4.29. The van der Waals surface area contributed by atoms with Crippen LogP contribution in [-0.2, 0) is 0 Å². The van der Waals surface area contributed by atoms with E-state index in [1.54, 1.807) is 18.2 Å². The summed E-state index contributed by atoms with van der Waals surface area (Å²) in [4.78, 5) is 14.2. The molecule has 3 unspecified atom stereocenters. The summed E-state index contributed by atoms with van der Waals surface area (Å²) in [7, 11) is 0. The van der Waals surface area contributed by atoms with Crippen LogP contribution in [0.15, 0.2) is 18.2 Å². The van der Waals surface area contributed by atoms with E-state index in [-0.39, 0.29) is 12.1 Å². The maximum Gasteiger partial charge on any atom is 0.321 e. The third-order valence-electron chi connectivity index (χ3n) is 4.55. The van der Waals surface area contributed by atoms with E-state index in [1.807, 2.05) is 4.90 Å². The van der Waals surface area contributed by atoms with Crippen LogP contribution in [0.1, 0.15) is 19.3 Å². The van der Waals surface area contributed by atoms with Crippen molar-refractivity contribution in [3.63, 3.8) is 0 Å². The topological polar surface area (TPSA) is 58.4 Å². The van der Waals surface area contributed by atoms with Crippen LogP contribution in [-0.4, -0.2) is 30.1 Å². The second kappa shape index (κ2) is 6.03. The van der Waals surface area contributed by atoms with Crippen molar-refractivity contribution in [1.82, 2.24) is 4.90 Å². The molecule has 2 fully saturated rings. The molecule has 1 aliphatic carbocycles. The van der Waals surface area contributed by atoms with Crippen molar-refractivity contribution in [3.05, 3.63) is 28.2 Å². The number of anilines is 1. The number of rotatable bonds is 1. The van der Waals surface area contributed by atoms with E-state index in [0.717, 1.165) is 19.5 Å². The number of amides is 2. The van der Waals surface area contributed by atoms with E-state index in [1.165, 1.54) is 12.8 Å². The highest BCUT2D eigenvalue weighted by molar-refractivity contribution is 6.35. The molecule has 1 saturated heterocycles. The van der Waals surface area contributed by atoms with Gasteiger partial charge in [0.1, 0.15) is 0 Å². The van der Waals surface area contributed by atoms with Gasteiger partial charge in [-0.2, -0.15) is 0 Å². The Morgan fingerprint density at radius 3 is 2.57 bits per heavy atom. The Morgan fingerprint density at radius 1 is 1.19 bits per heavy atom. The summed E-state index contributed by atoms with van der Waals surface area (Å²) in [5, 5.41) is 3.89. The van der Waals surface area contributed by atoms with Crippen molar-refractivity contribution < 1.29 is 4.79 Å². The van der Waals surface area contributed by atoms with Gasteiger partial charge in [-0.25, -0.2) is 4.79 Å². The molecule has 0 bridgehead atoms. The molecular formula is C15H19Cl2N3O. The van der Waals surface area contributed by atoms with Gasteiger partial charge in [-0.1, -0.05) is 29.6 Å². The van der Waals surface area contributed by atoms with E-state index >= 15 is 0 Å². The number of likely N-dealkylation sites (tertiary alicyclic amines) is 1. The average molecular weight is 328 g/mol. The lowest BCUT2D eigenvalue weighted by molar-refractivity contribution is 0.219. The van der Waals surface area contributed by atoms with Crippen molar-refractivity contribution in [2.75, 3.05) is 18.4 Å². The quantitative estimate of drug-likeness (QED) is 0.828. The molecule has 4 nitrogen and oxygen atoms in total. The number of nitrogens with zero attached hydrogens (tertiary/aromatic N) is 1. The zero-order valence-electron chi connectivity index (χ0n) is 11.7. The zero-order valence-corrected chi connectivity index (χ0v) is 13.2. The molecule has 114 valence electrons. The Balaban J connectivity index is 1.66. The second-order valence-corrected chi connectivity index (χ2v) is 6.88. The first-order valence-corrected chi connectivity index (χ1v) is 8.06. The number of halogens is 2. The highest BCUT2D eigenvalue weighted by atomic mass is 35.5. The van der Waals surface area contributed by atoms with Gasteiger partial charge in [0.05, 0.1) is 0 Å². The van der Waals surface area contributed by atoms with Crippen molar-refractivity contribution in [3.8, 4) is 0 Å². The third kappa shape index (κ3) is 3.28. The van der Waals surface area contributed by atoms with E-state index in [9.17, 15) is 4.79 Å². The number of hydrogen-bond donors (Lipinski definition) is 2. The van der Waals surface area contributed by atoms with Crippen molar-refractivity contribution in [1.29, 1.82) is 0 Å². The fourth-order valence-corrected chi connectivity index (χ4v) is 4.04. The monoisotopic (exact) mass is 327 g/mol. The van der Waals surface area contributed by atoms with Crippen LogP contribution in [0.4, 0.5) is 10.5 Å². The molecule has 1 saturated carbocycles. The predicted octanol–water partition coefficient (Wildman–Crippen LogP) is 3.58. The van der Waals surface area contributed by atoms with Gasteiger partial charge in [-0.15, -0.1) is 0 Å². The van der Waals surface area contributed by atoms with Crippen LogP contribution in [0, 0.1) is 11.8 Å². The molecule has 6 heteroatoms. The van der Waals surface area contributed by atoms with E-state index < -0.39 is 0 Å². The lowest BCUT2D eigenvalue weighted by atomic mass is 9.78. The summed E-state index contributed by atoms with van der Waals surface area (Å²) in [5.41, 5.74) is 6.80. The number of fused-ring (bicyclic) bond motifs is 1. The van der Waals surface area contributed by atoms with Crippen LogP contribution in [0.25, 0.3) is 0 Å². The molecular weight excluding hydrogens is 309 g/mol. The number of hydrogen-bond acceptors (Lipinski definition) is 2. The van der Waals surface area contributed by atoms with Gasteiger partial charge in [0.25, 0.3) is 0 Å². The van der Waals surface area contributed by atoms with Crippen molar-refractivity contribution >= 4 is 34.9 Å². The number of carbonyl (C=O) groups is 1. The Bertz CT molecular complexity index is 531. The number of nitrogens with two attached hydrogens (primary N) is 1. The lowest BCUT2D eigenvalue weighted by Gasteiger charge is -2.29. The van der Waals surface area contributed by atoms with Gasteiger partial charge < -0.3 is 16.0 Å². The number of urea groups is 1. The average Bonchev–Trinajstić information content (AvgIpc) is 2.83. The van der Waals surface area contributed by atoms with E-state index in [2.05, 4.69) is 5.32 Å². The summed E-state index contributed by atoms with van der Waals surface area (Å²) < 4.78 is 0. The van der Waals surface area contributed by atoms with Gasteiger partial charge in [-0.05, 0) is 42.9 Å². The molecule has 2 aliphatic rings. The minimum Gasteiger partial charge on any atom is -0.327 e. The van der Waals surface area contributed by atoms with Gasteiger partial charge in [0.2, 0.25) is 0 Å². The van der Waals surface area contributed by atoms with Gasteiger partial charge in [-0.3, -0.25) is 0 Å². The largest absolute Gasteiger partial charge is 0.327 e. The normalized spacial score (nSPS) is 28.3. The molecule has 2 amide bonds. The summed E-state index contributed by atoms with van der Waals surface area (Å²) in [5.74, 6) is 0.981. The Morgan fingerprint density at radius 2 is 1.90 bits per heavy atom.